The number of carbonyl (C=O) groups excluding carboxylic acids is 2. The Morgan fingerprint density at radius 1 is 1.00 bits per heavy atom. The first-order valence-electron chi connectivity index (χ1n) is 10.1. The van der Waals surface area contributed by atoms with E-state index in [-0.39, 0.29) is 18.0 Å². The van der Waals surface area contributed by atoms with Crippen molar-refractivity contribution in [3.63, 3.8) is 0 Å². The lowest BCUT2D eigenvalue weighted by Crippen LogP contribution is -2.37. The van der Waals surface area contributed by atoms with Gasteiger partial charge in [0.05, 0.1) is 12.1 Å². The Balaban J connectivity index is 1.49. The number of piperidine rings is 1. The zero-order valence-corrected chi connectivity index (χ0v) is 16.8. The molecule has 154 valence electrons. The van der Waals surface area contributed by atoms with Crippen LogP contribution < -0.4 is 10.6 Å². The van der Waals surface area contributed by atoms with Gasteiger partial charge >= 0.3 is 0 Å². The first-order valence-corrected chi connectivity index (χ1v) is 10.1. The van der Waals surface area contributed by atoms with Crippen molar-refractivity contribution in [1.29, 1.82) is 0 Å². The molecule has 29 heavy (non-hydrogen) atoms. The molecule has 0 aliphatic carbocycles. The molecule has 3 rings (SSSR count). The fraction of sp³-hybridized carbons (Fsp3) is 0.391. The number of carbonyl (C=O) groups is 2. The molecule has 6 heteroatoms. The topological polar surface area (TPSA) is 61.4 Å². The molecule has 0 saturated carbocycles. The summed E-state index contributed by atoms with van der Waals surface area (Å²) in [5.41, 5.74) is 2.21. The van der Waals surface area contributed by atoms with E-state index in [1.54, 1.807) is 6.07 Å². The maximum absolute atomic E-state index is 13.6. The Morgan fingerprint density at radius 2 is 1.66 bits per heavy atom. The number of halogens is 1. The fourth-order valence-electron chi connectivity index (χ4n) is 3.50. The van der Waals surface area contributed by atoms with E-state index in [4.69, 9.17) is 0 Å². The predicted molar refractivity (Wildman–Crippen MR) is 111 cm³/mol. The Labute approximate surface area is 171 Å². The van der Waals surface area contributed by atoms with E-state index in [2.05, 4.69) is 28.5 Å². The molecule has 2 amide bonds. The number of amides is 2. The van der Waals surface area contributed by atoms with Gasteiger partial charge in [-0.25, -0.2) is 4.39 Å². The fourth-order valence-corrected chi connectivity index (χ4v) is 3.50. The maximum atomic E-state index is 13.6. The largest absolute Gasteiger partial charge is 0.350 e. The van der Waals surface area contributed by atoms with Crippen LogP contribution in [0.1, 0.15) is 41.3 Å². The molecule has 2 aromatic carbocycles. The van der Waals surface area contributed by atoms with Gasteiger partial charge in [0.1, 0.15) is 5.82 Å². The third-order valence-corrected chi connectivity index (χ3v) is 5.39. The van der Waals surface area contributed by atoms with E-state index >= 15 is 0 Å². The highest BCUT2D eigenvalue weighted by atomic mass is 19.1. The average Bonchev–Trinajstić information content (AvgIpc) is 2.73. The predicted octanol–water partition coefficient (Wildman–Crippen LogP) is 3.10. The van der Waals surface area contributed by atoms with Crippen molar-refractivity contribution in [3.8, 4) is 0 Å². The quantitative estimate of drug-likeness (QED) is 0.755. The molecule has 1 heterocycles. The molecule has 1 aliphatic rings. The number of nitrogens with zero attached hydrogens (tertiary/aromatic N) is 1. The van der Waals surface area contributed by atoms with Crippen LogP contribution in [0.2, 0.25) is 0 Å². The van der Waals surface area contributed by atoms with Crippen LogP contribution in [0, 0.1) is 11.7 Å². The van der Waals surface area contributed by atoms with Crippen molar-refractivity contribution in [3.05, 3.63) is 71.0 Å². The molecule has 1 aliphatic heterocycles. The number of nitrogens with one attached hydrogen (secondary N) is 2. The van der Waals surface area contributed by atoms with Crippen molar-refractivity contribution in [2.24, 2.45) is 5.92 Å². The molecule has 2 aromatic rings. The van der Waals surface area contributed by atoms with Crippen molar-refractivity contribution in [2.45, 2.75) is 32.9 Å². The second kappa shape index (κ2) is 10.2. The smallest absolute Gasteiger partial charge is 0.254 e. The minimum atomic E-state index is -0.605. The zero-order valence-electron chi connectivity index (χ0n) is 16.8. The Kier molecular flexibility index (Phi) is 7.36. The summed E-state index contributed by atoms with van der Waals surface area (Å²) in [4.78, 5) is 26.6. The number of hydrogen-bond donors (Lipinski definition) is 2. The number of rotatable bonds is 7. The Hall–Kier alpha value is -2.73. The van der Waals surface area contributed by atoms with E-state index in [1.807, 2.05) is 18.2 Å². The van der Waals surface area contributed by atoms with Crippen LogP contribution >= 0.6 is 0 Å². The second-order valence-corrected chi connectivity index (χ2v) is 7.67. The first kappa shape index (κ1) is 21.0. The molecule has 5 nitrogen and oxygen atoms in total. The summed E-state index contributed by atoms with van der Waals surface area (Å²) >= 11 is 0. The summed E-state index contributed by atoms with van der Waals surface area (Å²) in [5.74, 6) is -0.721. The summed E-state index contributed by atoms with van der Waals surface area (Å²) in [6, 6.07) is 13.8. The molecule has 1 saturated heterocycles. The van der Waals surface area contributed by atoms with Crippen LogP contribution in [0.5, 0.6) is 0 Å². The minimum Gasteiger partial charge on any atom is -0.350 e. The van der Waals surface area contributed by atoms with Gasteiger partial charge in [0.2, 0.25) is 5.91 Å². The molecular weight excluding hydrogens is 369 g/mol. The monoisotopic (exact) mass is 397 g/mol. The molecule has 2 N–H and O–H groups in total. The molecule has 0 bridgehead atoms. The third kappa shape index (κ3) is 6.12. The molecular formula is C23H28FN3O2. The highest BCUT2D eigenvalue weighted by Gasteiger charge is 2.17. The van der Waals surface area contributed by atoms with E-state index in [0.717, 1.165) is 31.1 Å². The van der Waals surface area contributed by atoms with Crippen LogP contribution in [-0.4, -0.2) is 36.3 Å². The van der Waals surface area contributed by atoms with E-state index in [1.165, 1.54) is 36.6 Å². The van der Waals surface area contributed by atoms with E-state index in [9.17, 15) is 14.0 Å². The average molecular weight is 397 g/mol. The van der Waals surface area contributed by atoms with Crippen molar-refractivity contribution in [1.82, 2.24) is 15.5 Å². The highest BCUT2D eigenvalue weighted by molar-refractivity contribution is 5.96. The molecule has 0 aromatic heterocycles. The van der Waals surface area contributed by atoms with E-state index < -0.39 is 11.7 Å². The number of likely N-dealkylation sites (tertiary alicyclic amines) is 1. The van der Waals surface area contributed by atoms with Crippen molar-refractivity contribution in [2.75, 3.05) is 19.6 Å². The molecule has 0 spiro atoms. The van der Waals surface area contributed by atoms with Crippen molar-refractivity contribution < 1.29 is 14.0 Å². The molecule has 0 atom stereocenters. The van der Waals surface area contributed by atoms with Crippen LogP contribution in [0.3, 0.4) is 0 Å². The van der Waals surface area contributed by atoms with Crippen LogP contribution in [0.25, 0.3) is 0 Å². The molecule has 1 fully saturated rings. The lowest BCUT2D eigenvalue weighted by Gasteiger charge is -2.30. The van der Waals surface area contributed by atoms with E-state index in [0.29, 0.717) is 6.54 Å². The zero-order chi connectivity index (χ0) is 20.6. The number of benzene rings is 2. The summed E-state index contributed by atoms with van der Waals surface area (Å²) in [6.07, 6.45) is 2.45. The first-order chi connectivity index (χ1) is 14.0. The number of hydrogen-bond acceptors (Lipinski definition) is 3. The van der Waals surface area contributed by atoms with Gasteiger partial charge < -0.3 is 10.6 Å². The maximum Gasteiger partial charge on any atom is 0.254 e. The molecule has 0 unspecified atom stereocenters. The second-order valence-electron chi connectivity index (χ2n) is 7.67. The molecule has 0 radical (unpaired) electrons. The van der Waals surface area contributed by atoms with Gasteiger partial charge in [0, 0.05) is 13.1 Å². The Bertz CT molecular complexity index is 848. The lowest BCUT2D eigenvalue weighted by molar-refractivity contribution is -0.120. The normalized spacial score (nSPS) is 15.1. The van der Waals surface area contributed by atoms with Gasteiger partial charge in [0.15, 0.2) is 0 Å². The van der Waals surface area contributed by atoms with Crippen molar-refractivity contribution >= 4 is 11.8 Å². The van der Waals surface area contributed by atoms with Crippen LogP contribution in [0.4, 0.5) is 4.39 Å². The van der Waals surface area contributed by atoms with Gasteiger partial charge in [-0.1, -0.05) is 43.3 Å². The summed E-state index contributed by atoms with van der Waals surface area (Å²) < 4.78 is 13.6. The standard InChI is InChI=1S/C23H28FN3O2/c1-17-10-12-27(13-11-17)16-19-7-3-2-6-18(19)14-25-22(28)15-26-23(29)20-8-4-5-9-21(20)24/h2-9,17H,10-16H2,1H3,(H,25,28)(H,26,29). The van der Waals surface area contributed by atoms with Gasteiger partial charge in [-0.05, 0) is 55.1 Å². The van der Waals surface area contributed by atoms with Gasteiger partial charge in [-0.15, -0.1) is 0 Å². The SMILES string of the molecule is CC1CCN(Cc2ccccc2CNC(=O)CNC(=O)c2ccccc2F)CC1. The van der Waals surface area contributed by atoms with Gasteiger partial charge in [0.25, 0.3) is 5.91 Å². The van der Waals surface area contributed by atoms with Crippen LogP contribution in [0.15, 0.2) is 48.5 Å². The lowest BCUT2D eigenvalue weighted by atomic mass is 9.98. The summed E-state index contributed by atoms with van der Waals surface area (Å²) in [6.45, 7) is 5.58. The van der Waals surface area contributed by atoms with Gasteiger partial charge in [-0.2, -0.15) is 0 Å². The van der Waals surface area contributed by atoms with Gasteiger partial charge in [-0.3, -0.25) is 14.5 Å². The van der Waals surface area contributed by atoms with Crippen LogP contribution in [-0.2, 0) is 17.9 Å². The summed E-state index contributed by atoms with van der Waals surface area (Å²) in [5, 5.41) is 5.30. The Morgan fingerprint density at radius 3 is 2.38 bits per heavy atom. The third-order valence-electron chi connectivity index (χ3n) is 5.39. The highest BCUT2D eigenvalue weighted by Crippen LogP contribution is 2.19. The summed E-state index contributed by atoms with van der Waals surface area (Å²) in [7, 11) is 0. The minimum absolute atomic E-state index is 0.0681.